The van der Waals surface area contributed by atoms with E-state index in [0.29, 0.717) is 13.0 Å². The van der Waals surface area contributed by atoms with E-state index in [9.17, 15) is 32.4 Å². The largest absolute Gasteiger partial charge is 0.444 e. The lowest BCUT2D eigenvalue weighted by Crippen LogP contribution is -2.48. The molecule has 1 saturated heterocycles. The van der Waals surface area contributed by atoms with Crippen molar-refractivity contribution >= 4 is 12.0 Å². The zero-order valence-corrected chi connectivity index (χ0v) is 22.1. The van der Waals surface area contributed by atoms with E-state index in [0.717, 1.165) is 18.2 Å². The molecule has 2 amide bonds. The second-order valence-corrected chi connectivity index (χ2v) is 10.2. The number of amides is 2. The van der Waals surface area contributed by atoms with Gasteiger partial charge in [0.15, 0.2) is 6.10 Å². The summed E-state index contributed by atoms with van der Waals surface area (Å²) in [5.41, 5.74) is -2.15. The van der Waals surface area contributed by atoms with Crippen molar-refractivity contribution in [2.24, 2.45) is 0 Å². The normalized spacial score (nSPS) is 16.7. The number of benzene rings is 2. The molecule has 2 aromatic carbocycles. The molecule has 1 aliphatic rings. The Morgan fingerprint density at radius 2 is 1.82 bits per heavy atom. The monoisotopic (exact) mass is 560 g/mol. The van der Waals surface area contributed by atoms with Gasteiger partial charge in [0, 0.05) is 19.6 Å². The lowest BCUT2D eigenvalue weighted by atomic mass is 9.97. The van der Waals surface area contributed by atoms with Gasteiger partial charge in [0.2, 0.25) is 0 Å². The SMILES string of the molecule is CC(C)(C)OC(=O)N1CCCO[C@H](C(=O)N[C@H](C#N)Cc2ccc(-c3ccc(C#N)c(C(F)(F)F)c3)cc2F)C1. The van der Waals surface area contributed by atoms with Crippen molar-refractivity contribution in [3.63, 3.8) is 0 Å². The minimum absolute atomic E-state index is 0.0532. The van der Waals surface area contributed by atoms with Gasteiger partial charge in [-0.2, -0.15) is 23.7 Å². The lowest BCUT2D eigenvalue weighted by Gasteiger charge is -2.27. The summed E-state index contributed by atoms with van der Waals surface area (Å²) in [6.45, 7) is 5.59. The highest BCUT2D eigenvalue weighted by Gasteiger charge is 2.34. The van der Waals surface area contributed by atoms with Gasteiger partial charge in [0.1, 0.15) is 17.5 Å². The number of alkyl halides is 3. The van der Waals surface area contributed by atoms with Crippen molar-refractivity contribution in [1.82, 2.24) is 10.2 Å². The summed E-state index contributed by atoms with van der Waals surface area (Å²) in [6, 6.07) is 9.06. The standard InChI is InChI=1S/C28H28F4N4O4/c1-27(2,3)40-26(38)36-9-4-10-39-24(16-36)25(37)35-21(15-34)11-19-7-5-18(13-23(19)29)17-6-8-20(14-33)22(12-17)28(30,31)32/h5-8,12-13,21,24H,4,9-11,16H2,1-3H3,(H,35,37)/t21-,24-/m0/s1. The molecule has 2 aromatic rings. The van der Waals surface area contributed by atoms with Gasteiger partial charge < -0.3 is 19.7 Å². The van der Waals surface area contributed by atoms with Crippen LogP contribution in [0.4, 0.5) is 22.4 Å². The van der Waals surface area contributed by atoms with Gasteiger partial charge in [-0.3, -0.25) is 4.79 Å². The molecule has 212 valence electrons. The maximum absolute atomic E-state index is 15.0. The van der Waals surface area contributed by atoms with Crippen LogP contribution in [0.25, 0.3) is 11.1 Å². The van der Waals surface area contributed by atoms with Crippen molar-refractivity contribution in [1.29, 1.82) is 10.5 Å². The highest BCUT2D eigenvalue weighted by Crippen LogP contribution is 2.35. The number of carbonyl (C=O) groups excluding carboxylic acids is 2. The van der Waals surface area contributed by atoms with Crippen LogP contribution >= 0.6 is 0 Å². The third-order valence-corrected chi connectivity index (χ3v) is 5.95. The average Bonchev–Trinajstić information content (AvgIpc) is 3.14. The Hall–Kier alpha value is -4.16. The quantitative estimate of drug-likeness (QED) is 0.517. The predicted molar refractivity (Wildman–Crippen MR) is 135 cm³/mol. The number of halogens is 4. The molecule has 1 aliphatic heterocycles. The summed E-state index contributed by atoms with van der Waals surface area (Å²) < 4.78 is 65.8. The molecule has 40 heavy (non-hydrogen) atoms. The van der Waals surface area contributed by atoms with E-state index >= 15 is 0 Å². The van der Waals surface area contributed by atoms with Crippen molar-refractivity contribution in [2.45, 2.75) is 57.5 Å². The maximum Gasteiger partial charge on any atom is 0.417 e. The van der Waals surface area contributed by atoms with Gasteiger partial charge in [-0.15, -0.1) is 0 Å². The van der Waals surface area contributed by atoms with Crippen LogP contribution in [0.5, 0.6) is 0 Å². The van der Waals surface area contributed by atoms with E-state index in [2.05, 4.69) is 5.32 Å². The molecule has 8 nitrogen and oxygen atoms in total. The van der Waals surface area contributed by atoms with Gasteiger partial charge in [-0.25, -0.2) is 9.18 Å². The number of nitriles is 2. The van der Waals surface area contributed by atoms with Gasteiger partial charge in [-0.05, 0) is 62.1 Å². The van der Waals surface area contributed by atoms with E-state index in [-0.39, 0.29) is 36.3 Å². The Morgan fingerprint density at radius 3 is 2.42 bits per heavy atom. The number of hydrogen-bond donors (Lipinski definition) is 1. The van der Waals surface area contributed by atoms with Crippen LogP contribution in [0.3, 0.4) is 0 Å². The Labute approximate surface area is 229 Å². The van der Waals surface area contributed by atoms with E-state index in [1.807, 2.05) is 6.07 Å². The molecule has 1 fully saturated rings. The number of carbonyl (C=O) groups is 2. The molecular formula is C28H28F4N4O4. The molecule has 1 N–H and O–H groups in total. The van der Waals surface area contributed by atoms with Crippen LogP contribution in [0.15, 0.2) is 36.4 Å². The first kappa shape index (κ1) is 30.4. The molecule has 0 aliphatic carbocycles. The summed E-state index contributed by atoms with van der Waals surface area (Å²) in [4.78, 5) is 26.7. The van der Waals surface area contributed by atoms with Gasteiger partial charge in [0.25, 0.3) is 5.91 Å². The summed E-state index contributed by atoms with van der Waals surface area (Å²) in [5, 5.41) is 21.1. The van der Waals surface area contributed by atoms with Crippen molar-refractivity contribution in [3.05, 3.63) is 58.9 Å². The number of ether oxygens (including phenoxy) is 2. The molecular weight excluding hydrogens is 532 g/mol. The van der Waals surface area contributed by atoms with E-state index in [4.69, 9.17) is 14.7 Å². The van der Waals surface area contributed by atoms with Crippen LogP contribution in [0.1, 0.15) is 43.9 Å². The number of nitrogens with one attached hydrogen (secondary N) is 1. The Kier molecular flexibility index (Phi) is 9.38. The predicted octanol–water partition coefficient (Wildman–Crippen LogP) is 4.96. The number of rotatable bonds is 5. The molecule has 0 bridgehead atoms. The van der Waals surface area contributed by atoms with Crippen LogP contribution in [0, 0.1) is 28.5 Å². The molecule has 2 atom stereocenters. The van der Waals surface area contributed by atoms with E-state index in [1.165, 1.54) is 29.2 Å². The smallest absolute Gasteiger partial charge is 0.417 e. The fourth-order valence-electron chi connectivity index (χ4n) is 4.04. The van der Waals surface area contributed by atoms with Crippen LogP contribution in [-0.4, -0.2) is 54.3 Å². The second kappa shape index (κ2) is 12.3. The molecule has 0 radical (unpaired) electrons. The van der Waals surface area contributed by atoms with Crippen molar-refractivity contribution in [3.8, 4) is 23.3 Å². The molecule has 0 aromatic heterocycles. The van der Waals surface area contributed by atoms with E-state index < -0.39 is 52.9 Å². The second-order valence-electron chi connectivity index (χ2n) is 10.2. The van der Waals surface area contributed by atoms with Gasteiger partial charge >= 0.3 is 12.3 Å². The zero-order valence-electron chi connectivity index (χ0n) is 22.1. The van der Waals surface area contributed by atoms with Crippen LogP contribution < -0.4 is 5.32 Å². The summed E-state index contributed by atoms with van der Waals surface area (Å²) in [7, 11) is 0. The fourth-order valence-corrected chi connectivity index (χ4v) is 4.04. The Bertz CT molecular complexity index is 1340. The molecule has 1 heterocycles. The fraction of sp³-hybridized carbons (Fsp3) is 0.429. The summed E-state index contributed by atoms with van der Waals surface area (Å²) in [6.07, 6.45) is -6.18. The third-order valence-electron chi connectivity index (χ3n) is 5.95. The van der Waals surface area contributed by atoms with Crippen LogP contribution in [-0.2, 0) is 26.9 Å². The maximum atomic E-state index is 15.0. The first-order valence-electron chi connectivity index (χ1n) is 12.4. The highest BCUT2D eigenvalue weighted by molar-refractivity contribution is 5.82. The Morgan fingerprint density at radius 1 is 1.15 bits per heavy atom. The highest BCUT2D eigenvalue weighted by atomic mass is 19.4. The van der Waals surface area contributed by atoms with Gasteiger partial charge in [-0.1, -0.05) is 18.2 Å². The first-order chi connectivity index (χ1) is 18.7. The Balaban J connectivity index is 1.71. The molecule has 3 rings (SSSR count). The summed E-state index contributed by atoms with van der Waals surface area (Å²) in [5.74, 6) is -1.44. The topological polar surface area (TPSA) is 115 Å². The minimum atomic E-state index is -4.76. The molecule has 0 spiro atoms. The van der Waals surface area contributed by atoms with E-state index in [1.54, 1.807) is 20.8 Å². The summed E-state index contributed by atoms with van der Waals surface area (Å²) >= 11 is 0. The number of hydrogen-bond acceptors (Lipinski definition) is 6. The average molecular weight is 561 g/mol. The first-order valence-corrected chi connectivity index (χ1v) is 12.4. The zero-order chi connectivity index (χ0) is 29.7. The molecule has 12 heteroatoms. The van der Waals surface area contributed by atoms with Crippen molar-refractivity contribution in [2.75, 3.05) is 19.7 Å². The number of nitrogens with zero attached hydrogens (tertiary/aromatic N) is 3. The molecule has 0 saturated carbocycles. The van der Waals surface area contributed by atoms with Crippen LogP contribution in [0.2, 0.25) is 0 Å². The van der Waals surface area contributed by atoms with Crippen molar-refractivity contribution < 1.29 is 36.6 Å². The minimum Gasteiger partial charge on any atom is -0.444 e. The lowest BCUT2D eigenvalue weighted by molar-refractivity contribution is -0.137. The van der Waals surface area contributed by atoms with Gasteiger partial charge in [0.05, 0.1) is 29.8 Å². The molecule has 0 unspecified atom stereocenters. The third kappa shape index (κ3) is 7.93.